The van der Waals surface area contributed by atoms with Crippen molar-refractivity contribution >= 4 is 22.4 Å². The first-order valence-electron chi connectivity index (χ1n) is 15.4. The van der Waals surface area contributed by atoms with Gasteiger partial charge in [0.1, 0.15) is 0 Å². The van der Waals surface area contributed by atoms with E-state index in [1.165, 1.54) is 5.56 Å². The molecule has 0 amide bonds. The minimum Gasteiger partial charge on any atom is -0.255 e. The summed E-state index contributed by atoms with van der Waals surface area (Å²) in [7, 11) is 0. The van der Waals surface area contributed by atoms with E-state index in [0.29, 0.717) is 5.56 Å². The quantitative estimate of drug-likeness (QED) is 0.170. The van der Waals surface area contributed by atoms with Crippen LogP contribution >= 0.6 is 0 Å². The second-order valence-corrected chi connectivity index (χ2v) is 11.4. The summed E-state index contributed by atoms with van der Waals surface area (Å²) in [4.78, 5) is 14.1. The summed E-state index contributed by atoms with van der Waals surface area (Å²) in [6.07, 6.45) is 7.78. The van der Waals surface area contributed by atoms with Crippen LogP contribution < -0.4 is 0 Å². The van der Waals surface area contributed by atoms with Crippen LogP contribution in [0.2, 0.25) is 0 Å². The number of nitriles is 1. The number of hydrogen-bond donors (Lipinski definition) is 0. The summed E-state index contributed by atoms with van der Waals surface area (Å²) < 4.78 is 0. The molecule has 0 saturated carbocycles. The van der Waals surface area contributed by atoms with Crippen molar-refractivity contribution in [3.05, 3.63) is 175 Å². The number of benzene rings is 4. The van der Waals surface area contributed by atoms with Crippen LogP contribution in [0.4, 0.5) is 0 Å². The topological polar surface area (TPSA) is 62.5 Å². The van der Waals surface area contributed by atoms with E-state index in [1.807, 2.05) is 60.7 Å². The van der Waals surface area contributed by atoms with Gasteiger partial charge in [-0.15, -0.1) is 0 Å². The molecule has 47 heavy (non-hydrogen) atoms. The van der Waals surface area contributed by atoms with Crippen molar-refractivity contribution in [3.8, 4) is 51.1 Å². The van der Waals surface area contributed by atoms with Gasteiger partial charge in [0.2, 0.25) is 0 Å². The van der Waals surface area contributed by atoms with Crippen LogP contribution in [0, 0.1) is 18.3 Å². The lowest BCUT2D eigenvalue weighted by molar-refractivity contribution is 1.22. The van der Waals surface area contributed by atoms with Crippen molar-refractivity contribution in [2.24, 2.45) is 0 Å². The lowest BCUT2D eigenvalue weighted by atomic mass is 9.94. The molecule has 3 heterocycles. The third-order valence-electron chi connectivity index (χ3n) is 8.32. The minimum absolute atomic E-state index is 0.662. The zero-order valence-electron chi connectivity index (χ0n) is 25.9. The molecule has 0 fully saturated rings. The Hall–Kier alpha value is -6.44. The van der Waals surface area contributed by atoms with Gasteiger partial charge in [0.05, 0.1) is 34.4 Å². The molecule has 0 spiro atoms. The first-order chi connectivity index (χ1) is 23.1. The van der Waals surface area contributed by atoms with E-state index < -0.39 is 0 Å². The number of aryl methyl sites for hydroxylation is 1. The van der Waals surface area contributed by atoms with Crippen molar-refractivity contribution in [1.82, 2.24) is 15.0 Å². The number of pyridine rings is 3. The monoisotopic (exact) mass is 602 g/mol. The number of aromatic nitrogens is 3. The Balaban J connectivity index is 1.19. The van der Waals surface area contributed by atoms with Gasteiger partial charge < -0.3 is 0 Å². The van der Waals surface area contributed by atoms with Crippen LogP contribution in [0.25, 0.3) is 67.5 Å². The molecule has 0 atom stereocenters. The molecule has 0 bridgehead atoms. The standard InChI is InChI=1S/C43H30N4/c1-29(12-15-32-18-19-35(24-30(32)2)33-16-13-31(28-44)14-17-33)34-20-21-39-36(25-34)8-7-9-38(39)37-26-42(40-10-3-5-22-45-40)47-43(27-37)41-11-4-6-23-46-41/h3-27H,1H2,2H3/b15-12-. The fourth-order valence-electron chi connectivity index (χ4n) is 5.78. The lowest BCUT2D eigenvalue weighted by Crippen LogP contribution is -1.94. The average molecular weight is 603 g/mol. The Morgan fingerprint density at radius 3 is 2.00 bits per heavy atom. The van der Waals surface area contributed by atoms with Gasteiger partial charge in [0.15, 0.2) is 0 Å². The highest BCUT2D eigenvalue weighted by molar-refractivity contribution is 5.99. The Morgan fingerprint density at radius 2 is 1.36 bits per heavy atom. The maximum atomic E-state index is 9.10. The highest BCUT2D eigenvalue weighted by atomic mass is 14.8. The summed E-state index contributed by atoms with van der Waals surface area (Å²) in [6, 6.07) is 45.2. The van der Waals surface area contributed by atoms with Crippen LogP contribution in [-0.4, -0.2) is 15.0 Å². The smallest absolute Gasteiger partial charge is 0.0991 e. The molecule has 0 radical (unpaired) electrons. The number of nitrogens with zero attached hydrogens (tertiary/aromatic N) is 4. The Kier molecular flexibility index (Phi) is 8.03. The second-order valence-electron chi connectivity index (χ2n) is 11.4. The van der Waals surface area contributed by atoms with E-state index in [2.05, 4.69) is 108 Å². The van der Waals surface area contributed by atoms with E-state index in [-0.39, 0.29) is 0 Å². The molecule has 4 aromatic carbocycles. The molecule has 0 N–H and O–H groups in total. The zero-order valence-corrected chi connectivity index (χ0v) is 25.9. The molecule has 0 aliphatic heterocycles. The average Bonchev–Trinajstić information content (AvgIpc) is 3.14. The van der Waals surface area contributed by atoms with Crippen LogP contribution in [0.1, 0.15) is 22.3 Å². The van der Waals surface area contributed by atoms with Gasteiger partial charge in [-0.3, -0.25) is 9.97 Å². The van der Waals surface area contributed by atoms with Crippen LogP contribution in [-0.2, 0) is 0 Å². The molecule has 0 saturated heterocycles. The summed E-state index contributed by atoms with van der Waals surface area (Å²) in [5.41, 5.74) is 12.6. The lowest BCUT2D eigenvalue weighted by Gasteiger charge is -2.12. The largest absolute Gasteiger partial charge is 0.255 e. The zero-order chi connectivity index (χ0) is 32.2. The van der Waals surface area contributed by atoms with Crippen molar-refractivity contribution in [2.75, 3.05) is 0 Å². The first-order valence-corrected chi connectivity index (χ1v) is 15.4. The maximum Gasteiger partial charge on any atom is 0.0991 e. The molecular formula is C43H30N4. The highest BCUT2D eigenvalue weighted by Crippen LogP contribution is 2.34. The Morgan fingerprint density at radius 1 is 0.660 bits per heavy atom. The highest BCUT2D eigenvalue weighted by Gasteiger charge is 2.13. The number of rotatable bonds is 7. The SMILES string of the molecule is C=C(/C=C\c1ccc(-c2ccc(C#N)cc2)cc1C)c1ccc2c(-c3cc(-c4ccccn4)nc(-c4ccccn4)c3)cccc2c1. The Labute approximate surface area is 274 Å². The molecule has 222 valence electrons. The van der Waals surface area contributed by atoms with Gasteiger partial charge in [0, 0.05) is 12.4 Å². The molecule has 0 aliphatic carbocycles. The Bertz CT molecular complexity index is 2260. The summed E-state index contributed by atoms with van der Waals surface area (Å²) >= 11 is 0. The van der Waals surface area contributed by atoms with E-state index in [0.717, 1.165) is 72.5 Å². The molecule has 7 aromatic rings. The van der Waals surface area contributed by atoms with E-state index in [9.17, 15) is 0 Å². The van der Waals surface area contributed by atoms with E-state index >= 15 is 0 Å². The predicted molar refractivity (Wildman–Crippen MR) is 193 cm³/mol. The molecule has 0 unspecified atom stereocenters. The van der Waals surface area contributed by atoms with Gasteiger partial charge in [0.25, 0.3) is 0 Å². The predicted octanol–water partition coefficient (Wildman–Crippen LogP) is 10.6. The third kappa shape index (κ3) is 6.24. The first kappa shape index (κ1) is 29.3. The molecule has 7 rings (SSSR count). The third-order valence-corrected chi connectivity index (χ3v) is 8.32. The molecule has 0 aliphatic rings. The van der Waals surface area contributed by atoms with E-state index in [1.54, 1.807) is 12.4 Å². The summed E-state index contributed by atoms with van der Waals surface area (Å²) in [5.74, 6) is 0. The summed E-state index contributed by atoms with van der Waals surface area (Å²) in [6.45, 7) is 6.51. The van der Waals surface area contributed by atoms with Gasteiger partial charge in [-0.05, 0) is 117 Å². The van der Waals surface area contributed by atoms with Crippen molar-refractivity contribution in [3.63, 3.8) is 0 Å². The van der Waals surface area contributed by atoms with Crippen LogP contribution in [0.5, 0.6) is 0 Å². The van der Waals surface area contributed by atoms with Crippen molar-refractivity contribution in [2.45, 2.75) is 6.92 Å². The number of fused-ring (bicyclic) bond motifs is 1. The number of allylic oxidation sites excluding steroid dienone is 2. The van der Waals surface area contributed by atoms with Gasteiger partial charge in [-0.1, -0.05) is 91.5 Å². The van der Waals surface area contributed by atoms with Crippen LogP contribution in [0.3, 0.4) is 0 Å². The number of hydrogen-bond acceptors (Lipinski definition) is 4. The van der Waals surface area contributed by atoms with Gasteiger partial charge in [-0.2, -0.15) is 5.26 Å². The van der Waals surface area contributed by atoms with Crippen LogP contribution in [0.15, 0.2) is 152 Å². The fraction of sp³-hybridized carbons (Fsp3) is 0.0233. The summed E-state index contributed by atoms with van der Waals surface area (Å²) in [5, 5.41) is 11.4. The van der Waals surface area contributed by atoms with Gasteiger partial charge >= 0.3 is 0 Å². The molecular weight excluding hydrogens is 573 g/mol. The fourth-order valence-corrected chi connectivity index (χ4v) is 5.78. The van der Waals surface area contributed by atoms with E-state index in [4.69, 9.17) is 10.2 Å². The maximum absolute atomic E-state index is 9.10. The molecule has 4 heteroatoms. The van der Waals surface area contributed by atoms with Crippen molar-refractivity contribution < 1.29 is 0 Å². The molecule has 4 nitrogen and oxygen atoms in total. The molecule has 3 aromatic heterocycles. The normalized spacial score (nSPS) is 11.1. The minimum atomic E-state index is 0.662. The second kappa shape index (κ2) is 12.9. The van der Waals surface area contributed by atoms with Crippen molar-refractivity contribution in [1.29, 1.82) is 5.26 Å². The van der Waals surface area contributed by atoms with Gasteiger partial charge in [-0.25, -0.2) is 4.98 Å².